The van der Waals surface area contributed by atoms with E-state index in [4.69, 9.17) is 0 Å². The van der Waals surface area contributed by atoms with Gasteiger partial charge < -0.3 is 0 Å². The maximum absolute atomic E-state index is 10.8. The largest absolute Gasteiger partial charge is 0.341 e. The Morgan fingerprint density at radius 1 is 1.67 bits per heavy atom. The van der Waals surface area contributed by atoms with Crippen LogP contribution in [0.5, 0.6) is 0 Å². The van der Waals surface area contributed by atoms with E-state index in [1.165, 1.54) is 18.7 Å². The summed E-state index contributed by atoms with van der Waals surface area (Å²) in [5.74, 6) is 0.0591. The van der Waals surface area contributed by atoms with E-state index in [1.54, 1.807) is 6.92 Å². The number of hydrogen-bond acceptors (Lipinski definition) is 4. The minimum atomic E-state index is -0.353. The first-order valence-electron chi connectivity index (χ1n) is 3.41. The van der Waals surface area contributed by atoms with Crippen molar-refractivity contribution in [1.29, 1.82) is 0 Å². The highest BCUT2D eigenvalue weighted by Crippen LogP contribution is 2.17. The standard InChI is InChI=1S/C6H9N3O2S/c1-3(10)4(2)12-6-7-5(11)8-9-6/h4H,1-2H3,(H2,7,8,9,11). The lowest BCUT2D eigenvalue weighted by Gasteiger charge is -2.01. The summed E-state index contributed by atoms with van der Waals surface area (Å²) >= 11 is 1.23. The summed E-state index contributed by atoms with van der Waals surface area (Å²) in [6, 6.07) is 0. The van der Waals surface area contributed by atoms with E-state index in [0.717, 1.165) is 0 Å². The summed E-state index contributed by atoms with van der Waals surface area (Å²) in [5, 5.41) is 6.15. The molecule has 0 saturated carbocycles. The van der Waals surface area contributed by atoms with Crippen molar-refractivity contribution in [2.75, 3.05) is 0 Å². The minimum absolute atomic E-state index is 0.0591. The van der Waals surface area contributed by atoms with Crippen molar-refractivity contribution in [1.82, 2.24) is 15.2 Å². The highest BCUT2D eigenvalue weighted by molar-refractivity contribution is 8.00. The van der Waals surface area contributed by atoms with Crippen LogP contribution < -0.4 is 5.69 Å². The molecule has 0 fully saturated rings. The summed E-state index contributed by atoms with van der Waals surface area (Å²) < 4.78 is 0. The Kier molecular flexibility index (Phi) is 2.69. The maximum Gasteiger partial charge on any atom is 0.341 e. The number of nitrogens with one attached hydrogen (secondary N) is 2. The number of Topliss-reactive ketones (excluding diaryl/α,β-unsaturated/α-hetero) is 1. The van der Waals surface area contributed by atoms with Gasteiger partial charge in [0.25, 0.3) is 0 Å². The Labute approximate surface area is 73.0 Å². The molecule has 66 valence electrons. The van der Waals surface area contributed by atoms with Crippen molar-refractivity contribution in [3.05, 3.63) is 10.5 Å². The second-order valence-electron chi connectivity index (χ2n) is 2.35. The molecule has 0 aromatic carbocycles. The highest BCUT2D eigenvalue weighted by Gasteiger charge is 2.11. The number of aromatic nitrogens is 3. The van der Waals surface area contributed by atoms with Crippen LogP contribution in [0.3, 0.4) is 0 Å². The maximum atomic E-state index is 10.8. The molecule has 1 aromatic heterocycles. The van der Waals surface area contributed by atoms with E-state index in [1.807, 2.05) is 0 Å². The third kappa shape index (κ3) is 2.23. The number of thioether (sulfide) groups is 1. The van der Waals surface area contributed by atoms with Crippen LogP contribution in [-0.2, 0) is 4.79 Å². The van der Waals surface area contributed by atoms with Gasteiger partial charge in [0.05, 0.1) is 5.25 Å². The second kappa shape index (κ2) is 3.57. The fraction of sp³-hybridized carbons (Fsp3) is 0.500. The first kappa shape index (κ1) is 9.05. The monoisotopic (exact) mass is 187 g/mol. The van der Waals surface area contributed by atoms with Gasteiger partial charge in [-0.05, 0) is 13.8 Å². The van der Waals surface area contributed by atoms with Crippen LogP contribution in [-0.4, -0.2) is 26.2 Å². The Balaban J connectivity index is 2.64. The third-order valence-electron chi connectivity index (χ3n) is 1.34. The van der Waals surface area contributed by atoms with Crippen molar-refractivity contribution < 1.29 is 4.79 Å². The summed E-state index contributed by atoms with van der Waals surface area (Å²) in [6.45, 7) is 3.27. The fourth-order valence-electron chi connectivity index (χ4n) is 0.561. The smallest absolute Gasteiger partial charge is 0.299 e. The SMILES string of the molecule is CC(=O)C(C)Sc1n[nH]c(=O)[nH]1. The lowest BCUT2D eigenvalue weighted by Crippen LogP contribution is -2.08. The molecule has 5 nitrogen and oxygen atoms in total. The van der Waals surface area contributed by atoms with Crippen molar-refractivity contribution in [3.63, 3.8) is 0 Å². The van der Waals surface area contributed by atoms with Crippen LogP contribution >= 0.6 is 11.8 Å². The molecule has 1 heterocycles. The third-order valence-corrected chi connectivity index (χ3v) is 2.44. The lowest BCUT2D eigenvalue weighted by molar-refractivity contribution is -0.116. The molecule has 1 aromatic rings. The fourth-order valence-corrected chi connectivity index (χ4v) is 1.31. The van der Waals surface area contributed by atoms with Crippen molar-refractivity contribution in [3.8, 4) is 0 Å². The molecule has 0 saturated heterocycles. The number of ketones is 1. The molecule has 0 bridgehead atoms. The molecule has 0 spiro atoms. The van der Waals surface area contributed by atoms with Gasteiger partial charge in [-0.2, -0.15) is 0 Å². The number of hydrogen-bond donors (Lipinski definition) is 2. The number of carbonyl (C=O) groups excluding carboxylic acids is 1. The Morgan fingerprint density at radius 3 is 2.75 bits per heavy atom. The van der Waals surface area contributed by atoms with E-state index in [2.05, 4.69) is 15.2 Å². The quantitative estimate of drug-likeness (QED) is 0.661. The first-order valence-corrected chi connectivity index (χ1v) is 4.29. The number of H-pyrrole nitrogens is 2. The number of carbonyl (C=O) groups is 1. The van der Waals surface area contributed by atoms with Gasteiger partial charge in [-0.1, -0.05) is 11.8 Å². The van der Waals surface area contributed by atoms with Crippen molar-refractivity contribution in [2.45, 2.75) is 24.3 Å². The van der Waals surface area contributed by atoms with E-state index in [9.17, 15) is 9.59 Å². The lowest BCUT2D eigenvalue weighted by atomic mass is 10.3. The normalized spacial score (nSPS) is 12.8. The van der Waals surface area contributed by atoms with Gasteiger partial charge in [0.1, 0.15) is 5.78 Å². The van der Waals surface area contributed by atoms with Crippen LogP contribution in [0.25, 0.3) is 0 Å². The molecule has 0 radical (unpaired) electrons. The molecule has 0 aliphatic carbocycles. The van der Waals surface area contributed by atoms with Crippen LogP contribution in [0.4, 0.5) is 0 Å². The molecule has 0 aliphatic rings. The van der Waals surface area contributed by atoms with E-state index in [-0.39, 0.29) is 16.7 Å². The molecule has 1 rings (SSSR count). The highest BCUT2D eigenvalue weighted by atomic mass is 32.2. The van der Waals surface area contributed by atoms with Gasteiger partial charge >= 0.3 is 5.69 Å². The van der Waals surface area contributed by atoms with Crippen LogP contribution in [0, 0.1) is 0 Å². The molecule has 0 amide bonds. The summed E-state index contributed by atoms with van der Waals surface area (Å²) in [4.78, 5) is 23.8. The van der Waals surface area contributed by atoms with E-state index in [0.29, 0.717) is 5.16 Å². The molecule has 1 atom stereocenters. The predicted molar refractivity (Wildman–Crippen MR) is 45.2 cm³/mol. The zero-order valence-electron chi connectivity index (χ0n) is 6.75. The Hall–Kier alpha value is -1.04. The number of nitrogens with zero attached hydrogens (tertiary/aromatic N) is 1. The molecular formula is C6H9N3O2S. The van der Waals surface area contributed by atoms with Gasteiger partial charge in [-0.25, -0.2) is 9.89 Å². The van der Waals surface area contributed by atoms with Crippen molar-refractivity contribution >= 4 is 17.5 Å². The molecule has 12 heavy (non-hydrogen) atoms. The first-order chi connectivity index (χ1) is 5.59. The molecular weight excluding hydrogens is 178 g/mol. The average molecular weight is 187 g/mol. The number of aromatic amines is 2. The second-order valence-corrected chi connectivity index (χ2v) is 3.68. The molecule has 1 unspecified atom stereocenters. The summed E-state index contributed by atoms with van der Waals surface area (Å²) in [5.41, 5.74) is -0.353. The molecule has 0 aliphatic heterocycles. The summed E-state index contributed by atoms with van der Waals surface area (Å²) in [6.07, 6.45) is 0. The van der Waals surface area contributed by atoms with Gasteiger partial charge in [0.2, 0.25) is 0 Å². The van der Waals surface area contributed by atoms with Crippen LogP contribution in [0.2, 0.25) is 0 Å². The van der Waals surface area contributed by atoms with Crippen LogP contribution in [0.15, 0.2) is 9.95 Å². The van der Waals surface area contributed by atoms with Gasteiger partial charge in [0, 0.05) is 0 Å². The molecule has 2 N–H and O–H groups in total. The van der Waals surface area contributed by atoms with E-state index < -0.39 is 0 Å². The zero-order chi connectivity index (χ0) is 9.14. The van der Waals surface area contributed by atoms with Gasteiger partial charge in [-0.15, -0.1) is 5.10 Å². The Morgan fingerprint density at radius 2 is 2.33 bits per heavy atom. The van der Waals surface area contributed by atoms with Crippen molar-refractivity contribution in [2.24, 2.45) is 0 Å². The Bertz CT molecular complexity index is 330. The topological polar surface area (TPSA) is 78.6 Å². The van der Waals surface area contributed by atoms with E-state index >= 15 is 0 Å². The molecule has 6 heteroatoms. The zero-order valence-corrected chi connectivity index (χ0v) is 7.57. The van der Waals surface area contributed by atoms with Gasteiger partial charge in [0.15, 0.2) is 5.16 Å². The van der Waals surface area contributed by atoms with Crippen LogP contribution in [0.1, 0.15) is 13.8 Å². The predicted octanol–water partition coefficient (Wildman–Crippen LogP) is 0.168. The average Bonchev–Trinajstić information content (AvgIpc) is 2.35. The minimum Gasteiger partial charge on any atom is -0.299 e. The number of rotatable bonds is 3. The summed E-state index contributed by atoms with van der Waals surface area (Å²) in [7, 11) is 0. The van der Waals surface area contributed by atoms with Gasteiger partial charge in [-0.3, -0.25) is 9.78 Å².